The van der Waals surface area contributed by atoms with Crippen LogP contribution in [-0.4, -0.2) is 20.1 Å². The highest BCUT2D eigenvalue weighted by Crippen LogP contribution is 2.28. The number of benzene rings is 1. The van der Waals surface area contributed by atoms with Gasteiger partial charge >= 0.3 is 5.69 Å². The zero-order valence-corrected chi connectivity index (χ0v) is 15.9. The fourth-order valence-corrected chi connectivity index (χ4v) is 2.99. The lowest BCUT2D eigenvalue weighted by molar-refractivity contribution is -0.123. The average Bonchev–Trinajstić information content (AvgIpc) is 2.91. The van der Waals surface area contributed by atoms with Crippen LogP contribution < -0.4 is 11.0 Å². The molecule has 1 aromatic carbocycles. The topological polar surface area (TPSA) is 68.4 Å². The Morgan fingerprint density at radius 3 is 2.65 bits per heavy atom. The maximum atomic E-state index is 12.4. The monoisotopic (exact) mass is 392 g/mol. The molecule has 0 saturated heterocycles. The van der Waals surface area contributed by atoms with Crippen LogP contribution in [0.1, 0.15) is 25.8 Å². The second-order valence-electron chi connectivity index (χ2n) is 6.49. The van der Waals surface area contributed by atoms with Gasteiger partial charge in [-0.1, -0.05) is 35.3 Å². The largest absolute Gasteiger partial charge is 0.350 e. The molecule has 0 saturated carbocycles. The van der Waals surface area contributed by atoms with Gasteiger partial charge in [0.15, 0.2) is 5.65 Å². The first kappa shape index (κ1) is 18.5. The van der Waals surface area contributed by atoms with Crippen molar-refractivity contribution in [1.29, 1.82) is 0 Å². The van der Waals surface area contributed by atoms with Crippen molar-refractivity contribution in [3.8, 4) is 0 Å². The molecule has 3 rings (SSSR count). The van der Waals surface area contributed by atoms with E-state index in [2.05, 4.69) is 10.4 Å². The number of carbonyl (C=O) groups is 1. The summed E-state index contributed by atoms with van der Waals surface area (Å²) in [6, 6.07) is 10.6. The van der Waals surface area contributed by atoms with Crippen molar-refractivity contribution in [1.82, 2.24) is 19.5 Å². The van der Waals surface area contributed by atoms with E-state index in [1.165, 1.54) is 9.08 Å². The molecule has 1 amide bonds. The second-order valence-corrected chi connectivity index (χ2v) is 7.30. The molecule has 3 aromatic rings. The molecule has 0 aliphatic heterocycles. The minimum Gasteiger partial charge on any atom is -0.347 e. The van der Waals surface area contributed by atoms with E-state index in [0.29, 0.717) is 15.7 Å². The van der Waals surface area contributed by atoms with E-state index in [1.54, 1.807) is 36.5 Å². The van der Waals surface area contributed by atoms with Crippen LogP contribution in [-0.2, 0) is 16.9 Å². The Bertz CT molecular complexity index is 1020. The summed E-state index contributed by atoms with van der Waals surface area (Å²) in [5.74, 6) is -0.190. The number of aryl methyl sites for hydroxylation is 1. The summed E-state index contributed by atoms with van der Waals surface area (Å²) in [5.41, 5.74) is 0.492. The third-order valence-corrected chi connectivity index (χ3v) is 4.87. The molecule has 0 aliphatic carbocycles. The van der Waals surface area contributed by atoms with Gasteiger partial charge in [0.1, 0.15) is 0 Å². The number of nitrogens with zero attached hydrogens (tertiary/aromatic N) is 3. The summed E-state index contributed by atoms with van der Waals surface area (Å²) in [7, 11) is 0. The fraction of sp³-hybridized carbons (Fsp3) is 0.278. The van der Waals surface area contributed by atoms with Gasteiger partial charge in [-0.25, -0.2) is 9.48 Å². The molecule has 0 atom stereocenters. The van der Waals surface area contributed by atoms with Gasteiger partial charge < -0.3 is 5.32 Å². The van der Waals surface area contributed by atoms with Crippen LogP contribution in [0.3, 0.4) is 0 Å². The van der Waals surface area contributed by atoms with E-state index in [-0.39, 0.29) is 24.6 Å². The van der Waals surface area contributed by atoms with E-state index < -0.39 is 5.54 Å². The lowest BCUT2D eigenvalue weighted by atomic mass is 9.94. The summed E-state index contributed by atoms with van der Waals surface area (Å²) in [6.45, 7) is 3.95. The van der Waals surface area contributed by atoms with Crippen molar-refractivity contribution >= 4 is 34.8 Å². The molecule has 2 heterocycles. The first-order chi connectivity index (χ1) is 12.3. The summed E-state index contributed by atoms with van der Waals surface area (Å²) < 4.78 is 2.73. The van der Waals surface area contributed by atoms with Gasteiger partial charge in [-0.15, -0.1) is 5.10 Å². The highest BCUT2D eigenvalue weighted by Gasteiger charge is 2.23. The number of rotatable bonds is 5. The maximum Gasteiger partial charge on any atom is 0.350 e. The lowest BCUT2D eigenvalue weighted by Crippen LogP contribution is -2.41. The molecule has 26 heavy (non-hydrogen) atoms. The quantitative estimate of drug-likeness (QED) is 0.724. The van der Waals surface area contributed by atoms with Crippen LogP contribution in [0.15, 0.2) is 47.4 Å². The molecule has 0 aliphatic rings. The van der Waals surface area contributed by atoms with Crippen molar-refractivity contribution in [3.05, 3.63) is 68.7 Å². The molecule has 2 aromatic heterocycles. The van der Waals surface area contributed by atoms with Crippen LogP contribution in [0.25, 0.3) is 5.65 Å². The van der Waals surface area contributed by atoms with E-state index in [9.17, 15) is 9.59 Å². The smallest absolute Gasteiger partial charge is 0.347 e. The van der Waals surface area contributed by atoms with Gasteiger partial charge in [0.05, 0.1) is 22.1 Å². The number of aromatic nitrogens is 3. The number of hydrogen-bond donors (Lipinski definition) is 1. The van der Waals surface area contributed by atoms with Crippen LogP contribution in [0.2, 0.25) is 10.0 Å². The average molecular weight is 393 g/mol. The third-order valence-electron chi connectivity index (χ3n) is 4.13. The number of hydrogen-bond acceptors (Lipinski definition) is 3. The van der Waals surface area contributed by atoms with Gasteiger partial charge in [0.2, 0.25) is 5.91 Å². The molecule has 6 nitrogen and oxygen atoms in total. The van der Waals surface area contributed by atoms with E-state index in [1.807, 2.05) is 19.9 Å². The SMILES string of the molecule is CC(C)(NC(=O)CCn1nc2ccccn2c1=O)c1ccc(Cl)c(Cl)c1. The minimum absolute atomic E-state index is 0.133. The van der Waals surface area contributed by atoms with Gasteiger partial charge in [-0.3, -0.25) is 9.20 Å². The molecular formula is C18H18Cl2N4O2. The van der Waals surface area contributed by atoms with Gasteiger partial charge in [-0.05, 0) is 43.7 Å². The number of halogens is 2. The van der Waals surface area contributed by atoms with Crippen molar-refractivity contribution in [2.24, 2.45) is 0 Å². The summed E-state index contributed by atoms with van der Waals surface area (Å²) >= 11 is 12.0. The van der Waals surface area contributed by atoms with E-state index in [0.717, 1.165) is 5.56 Å². The first-order valence-electron chi connectivity index (χ1n) is 8.09. The summed E-state index contributed by atoms with van der Waals surface area (Å²) in [5, 5.41) is 8.06. The van der Waals surface area contributed by atoms with Crippen molar-refractivity contribution in [2.45, 2.75) is 32.4 Å². The molecule has 0 fully saturated rings. The Kier molecular flexibility index (Phi) is 5.07. The van der Waals surface area contributed by atoms with Crippen LogP contribution in [0.5, 0.6) is 0 Å². The normalized spacial score (nSPS) is 11.7. The predicted octanol–water partition coefficient (Wildman–Crippen LogP) is 3.24. The van der Waals surface area contributed by atoms with Crippen LogP contribution in [0, 0.1) is 0 Å². The van der Waals surface area contributed by atoms with Crippen molar-refractivity contribution < 1.29 is 4.79 Å². The molecule has 0 unspecified atom stereocenters. The van der Waals surface area contributed by atoms with Gasteiger partial charge in [-0.2, -0.15) is 0 Å². The Labute approximate surface area is 160 Å². The number of carbonyl (C=O) groups excluding carboxylic acids is 1. The minimum atomic E-state index is -0.630. The Morgan fingerprint density at radius 1 is 1.19 bits per heavy atom. The number of pyridine rings is 1. The van der Waals surface area contributed by atoms with Crippen LogP contribution in [0.4, 0.5) is 0 Å². The van der Waals surface area contributed by atoms with E-state index in [4.69, 9.17) is 23.2 Å². The summed E-state index contributed by atoms with van der Waals surface area (Å²) in [6.07, 6.45) is 1.78. The fourth-order valence-electron chi connectivity index (χ4n) is 2.69. The molecule has 8 heteroatoms. The highest BCUT2D eigenvalue weighted by molar-refractivity contribution is 6.42. The van der Waals surface area contributed by atoms with Crippen molar-refractivity contribution in [2.75, 3.05) is 0 Å². The molecule has 136 valence electrons. The molecular weight excluding hydrogens is 375 g/mol. The third kappa shape index (κ3) is 3.76. The number of fused-ring (bicyclic) bond motifs is 1. The Balaban J connectivity index is 1.68. The molecule has 0 bridgehead atoms. The van der Waals surface area contributed by atoms with Gasteiger partial charge in [0, 0.05) is 12.6 Å². The molecule has 0 spiro atoms. The Morgan fingerprint density at radius 2 is 1.96 bits per heavy atom. The van der Waals surface area contributed by atoms with Gasteiger partial charge in [0.25, 0.3) is 0 Å². The highest BCUT2D eigenvalue weighted by atomic mass is 35.5. The lowest BCUT2D eigenvalue weighted by Gasteiger charge is -2.27. The van der Waals surface area contributed by atoms with E-state index >= 15 is 0 Å². The summed E-state index contributed by atoms with van der Waals surface area (Å²) in [4.78, 5) is 24.6. The second kappa shape index (κ2) is 7.13. The molecule has 0 radical (unpaired) electrons. The van der Waals surface area contributed by atoms with Crippen molar-refractivity contribution in [3.63, 3.8) is 0 Å². The number of nitrogens with one attached hydrogen (secondary N) is 1. The number of amides is 1. The maximum absolute atomic E-state index is 12.4. The Hall–Kier alpha value is -2.31. The zero-order chi connectivity index (χ0) is 18.9. The molecule has 1 N–H and O–H groups in total. The zero-order valence-electron chi connectivity index (χ0n) is 14.4. The standard InChI is InChI=1S/C18H18Cl2N4O2/c1-18(2,12-6-7-13(19)14(20)11-12)21-16(25)8-10-24-17(26)23-9-4-3-5-15(23)22-24/h3-7,9,11H,8,10H2,1-2H3,(H,21,25). The first-order valence-corrected chi connectivity index (χ1v) is 8.84. The predicted molar refractivity (Wildman–Crippen MR) is 102 cm³/mol. The van der Waals surface area contributed by atoms with Crippen LogP contribution >= 0.6 is 23.2 Å².